The summed E-state index contributed by atoms with van der Waals surface area (Å²) < 4.78 is 0. The van der Waals surface area contributed by atoms with E-state index in [9.17, 15) is 0 Å². The van der Waals surface area contributed by atoms with Gasteiger partial charge in [0.25, 0.3) is 0 Å². The lowest BCUT2D eigenvalue weighted by Gasteiger charge is -2.06. The van der Waals surface area contributed by atoms with Crippen LogP contribution in [0.4, 0.5) is 0 Å². The molecular weight excluding hydrogens is 236 g/mol. The third-order valence-electron chi connectivity index (χ3n) is 2.97. The Morgan fingerprint density at radius 1 is 1.00 bits per heavy atom. The third-order valence-corrected chi connectivity index (χ3v) is 2.97. The molecule has 0 saturated heterocycles. The lowest BCUT2D eigenvalue weighted by Crippen LogP contribution is -1.88. The summed E-state index contributed by atoms with van der Waals surface area (Å²) in [6.07, 6.45) is 1.79. The molecule has 0 aliphatic carbocycles. The Kier molecular flexibility index (Phi) is 2.90. The van der Waals surface area contributed by atoms with Crippen molar-refractivity contribution in [1.82, 2.24) is 20.6 Å². The highest BCUT2D eigenvalue weighted by Gasteiger charge is 2.09. The molecule has 0 spiro atoms. The fourth-order valence-electron chi connectivity index (χ4n) is 2.01. The molecule has 4 heteroatoms. The van der Waals surface area contributed by atoms with Gasteiger partial charge in [0, 0.05) is 5.56 Å². The molecule has 0 aliphatic rings. The quantitative estimate of drug-likeness (QED) is 0.774. The first kappa shape index (κ1) is 11.3. The minimum Gasteiger partial charge on any atom is -0.177 e. The number of benzene rings is 2. The van der Waals surface area contributed by atoms with Crippen molar-refractivity contribution in [2.75, 3.05) is 0 Å². The van der Waals surface area contributed by atoms with Crippen molar-refractivity contribution < 1.29 is 0 Å². The molecule has 3 rings (SSSR count). The van der Waals surface area contributed by atoms with Gasteiger partial charge in [-0.25, -0.2) is 0 Å². The van der Waals surface area contributed by atoms with Crippen LogP contribution in [0.15, 0.2) is 55.1 Å². The van der Waals surface area contributed by atoms with Crippen LogP contribution in [0.5, 0.6) is 0 Å². The summed E-state index contributed by atoms with van der Waals surface area (Å²) in [5.74, 6) is 0.577. The molecule has 0 aliphatic heterocycles. The van der Waals surface area contributed by atoms with Crippen LogP contribution < -0.4 is 0 Å². The summed E-state index contributed by atoms with van der Waals surface area (Å²) in [6, 6.07) is 16.3. The fourth-order valence-corrected chi connectivity index (χ4v) is 2.01. The number of nitrogens with zero attached hydrogens (tertiary/aromatic N) is 3. The summed E-state index contributed by atoms with van der Waals surface area (Å²) >= 11 is 0. The Labute approximate surface area is 110 Å². The zero-order valence-electron chi connectivity index (χ0n) is 10.2. The maximum Gasteiger partial charge on any atom is 0.205 e. The average Bonchev–Trinajstić information content (AvgIpc) is 3.01. The van der Waals surface area contributed by atoms with E-state index >= 15 is 0 Å². The zero-order valence-corrected chi connectivity index (χ0v) is 10.2. The molecule has 1 N–H and O–H groups in total. The van der Waals surface area contributed by atoms with Gasteiger partial charge in [-0.15, -0.1) is 10.2 Å². The SMILES string of the molecule is C=Cc1ccc(-c2ccccc2)cc1-c1nn[nH]n1. The van der Waals surface area contributed by atoms with Gasteiger partial charge in [0.05, 0.1) is 0 Å². The van der Waals surface area contributed by atoms with Crippen molar-refractivity contribution in [3.05, 3.63) is 60.7 Å². The lowest BCUT2D eigenvalue weighted by molar-refractivity contribution is 0.881. The number of rotatable bonds is 3. The highest BCUT2D eigenvalue weighted by atomic mass is 15.5. The smallest absolute Gasteiger partial charge is 0.177 e. The predicted octanol–water partition coefficient (Wildman–Crippen LogP) is 3.18. The Bertz CT molecular complexity index is 687. The maximum atomic E-state index is 4.03. The summed E-state index contributed by atoms with van der Waals surface area (Å²) in [5.41, 5.74) is 4.18. The van der Waals surface area contributed by atoms with Gasteiger partial charge in [0.2, 0.25) is 5.82 Å². The van der Waals surface area contributed by atoms with E-state index in [1.165, 1.54) is 0 Å². The van der Waals surface area contributed by atoms with Gasteiger partial charge in [0.15, 0.2) is 0 Å². The van der Waals surface area contributed by atoms with Crippen LogP contribution in [-0.4, -0.2) is 20.6 Å². The third kappa shape index (κ3) is 2.15. The second-order valence-corrected chi connectivity index (χ2v) is 4.11. The number of H-pyrrole nitrogens is 1. The summed E-state index contributed by atoms with van der Waals surface area (Å²) in [6.45, 7) is 3.82. The van der Waals surface area contributed by atoms with Gasteiger partial charge in [-0.05, 0) is 28.0 Å². The first-order chi connectivity index (χ1) is 9.38. The van der Waals surface area contributed by atoms with Gasteiger partial charge >= 0.3 is 0 Å². The number of hydrogen-bond acceptors (Lipinski definition) is 3. The van der Waals surface area contributed by atoms with E-state index in [-0.39, 0.29) is 0 Å². The minimum absolute atomic E-state index is 0.577. The molecule has 4 nitrogen and oxygen atoms in total. The summed E-state index contributed by atoms with van der Waals surface area (Å²) in [4.78, 5) is 0. The van der Waals surface area contributed by atoms with E-state index in [4.69, 9.17) is 0 Å². The topological polar surface area (TPSA) is 54.5 Å². The number of hydrogen-bond donors (Lipinski definition) is 1. The highest BCUT2D eigenvalue weighted by Crippen LogP contribution is 2.27. The molecule has 1 heterocycles. The number of nitrogens with one attached hydrogen (secondary N) is 1. The standard InChI is InChI=1S/C15H12N4/c1-2-11-8-9-13(12-6-4-3-5-7-12)10-14(11)15-16-18-19-17-15/h2-10H,1H2,(H,16,17,18,19). The molecule has 0 bridgehead atoms. The van der Waals surface area contributed by atoms with Crippen molar-refractivity contribution >= 4 is 6.08 Å². The largest absolute Gasteiger partial charge is 0.205 e. The fraction of sp³-hybridized carbons (Fsp3) is 0. The normalized spacial score (nSPS) is 10.3. The first-order valence-corrected chi connectivity index (χ1v) is 5.94. The van der Waals surface area contributed by atoms with Gasteiger partial charge in [-0.2, -0.15) is 5.21 Å². The van der Waals surface area contributed by atoms with Gasteiger partial charge in [-0.1, -0.05) is 55.1 Å². The van der Waals surface area contributed by atoms with Crippen molar-refractivity contribution in [3.63, 3.8) is 0 Å². The van der Waals surface area contributed by atoms with Crippen LogP contribution in [0, 0.1) is 0 Å². The maximum absolute atomic E-state index is 4.03. The molecule has 0 unspecified atom stereocenters. The molecule has 3 aromatic rings. The second kappa shape index (κ2) is 4.86. The predicted molar refractivity (Wildman–Crippen MR) is 75.1 cm³/mol. The van der Waals surface area contributed by atoms with Crippen LogP contribution in [0.25, 0.3) is 28.6 Å². The molecule has 0 atom stereocenters. The average molecular weight is 248 g/mol. The van der Waals surface area contributed by atoms with Crippen LogP contribution in [0.1, 0.15) is 5.56 Å². The summed E-state index contributed by atoms with van der Waals surface area (Å²) in [5, 5.41) is 14.1. The zero-order chi connectivity index (χ0) is 13.1. The van der Waals surface area contributed by atoms with Crippen molar-refractivity contribution in [1.29, 1.82) is 0 Å². The lowest BCUT2D eigenvalue weighted by atomic mass is 9.99. The molecule has 0 amide bonds. The Balaban J connectivity index is 2.15. The van der Waals surface area contributed by atoms with Crippen molar-refractivity contribution in [2.45, 2.75) is 0 Å². The first-order valence-electron chi connectivity index (χ1n) is 5.94. The monoisotopic (exact) mass is 248 g/mol. The molecule has 0 fully saturated rings. The minimum atomic E-state index is 0.577. The van der Waals surface area contributed by atoms with Gasteiger partial charge < -0.3 is 0 Å². The van der Waals surface area contributed by atoms with Crippen LogP contribution >= 0.6 is 0 Å². The van der Waals surface area contributed by atoms with Crippen LogP contribution in [0.3, 0.4) is 0 Å². The summed E-state index contributed by atoms with van der Waals surface area (Å²) in [7, 11) is 0. The van der Waals surface area contributed by atoms with E-state index in [0.29, 0.717) is 5.82 Å². The molecule has 19 heavy (non-hydrogen) atoms. The van der Waals surface area contributed by atoms with Gasteiger partial charge in [0.1, 0.15) is 0 Å². The molecular formula is C15H12N4. The van der Waals surface area contributed by atoms with Crippen LogP contribution in [-0.2, 0) is 0 Å². The highest BCUT2D eigenvalue weighted by molar-refractivity contribution is 5.77. The second-order valence-electron chi connectivity index (χ2n) is 4.11. The molecule has 0 radical (unpaired) electrons. The van der Waals surface area contributed by atoms with Gasteiger partial charge in [-0.3, -0.25) is 0 Å². The Hall–Kier alpha value is -2.75. The van der Waals surface area contributed by atoms with E-state index in [1.54, 1.807) is 6.08 Å². The van der Waals surface area contributed by atoms with Crippen molar-refractivity contribution in [2.24, 2.45) is 0 Å². The number of aromatic amines is 1. The Morgan fingerprint density at radius 3 is 2.53 bits per heavy atom. The molecule has 92 valence electrons. The molecule has 0 saturated carbocycles. The van der Waals surface area contributed by atoms with E-state index in [1.807, 2.05) is 24.3 Å². The van der Waals surface area contributed by atoms with E-state index in [2.05, 4.69) is 51.5 Å². The number of aromatic nitrogens is 4. The van der Waals surface area contributed by atoms with Crippen molar-refractivity contribution in [3.8, 4) is 22.5 Å². The Morgan fingerprint density at radius 2 is 1.84 bits per heavy atom. The van der Waals surface area contributed by atoms with Crippen LogP contribution in [0.2, 0.25) is 0 Å². The molecule has 2 aromatic carbocycles. The van der Waals surface area contributed by atoms with E-state index < -0.39 is 0 Å². The number of tetrazole rings is 1. The molecule has 1 aromatic heterocycles. The van der Waals surface area contributed by atoms with E-state index in [0.717, 1.165) is 22.3 Å².